The highest BCUT2D eigenvalue weighted by molar-refractivity contribution is 9.10. The van der Waals surface area contributed by atoms with Crippen molar-refractivity contribution in [1.29, 1.82) is 0 Å². The van der Waals surface area contributed by atoms with Gasteiger partial charge in [-0.05, 0) is 58.2 Å². The minimum Gasteiger partial charge on any atom is -0.493 e. The molecule has 138 valence electrons. The van der Waals surface area contributed by atoms with Gasteiger partial charge in [-0.3, -0.25) is 0 Å². The third kappa shape index (κ3) is 5.96. The number of hydrazone groups is 1. The van der Waals surface area contributed by atoms with Crippen molar-refractivity contribution in [2.75, 3.05) is 20.3 Å². The van der Waals surface area contributed by atoms with E-state index in [4.69, 9.17) is 19.9 Å². The summed E-state index contributed by atoms with van der Waals surface area (Å²) in [5.74, 6) is 1.88. The standard InChI is InChI=1S/C18H20BrN3O4/c1-12-4-3-5-14(8-12)25-6-7-26-17-15(19)9-13(10-16(17)24-2)11-21-22-18(20)23/h3-5,8-11H,6-7H2,1-2H3,(H3,20,22,23)/b21-11+. The number of nitrogens with zero attached hydrogens (tertiary/aromatic N) is 1. The van der Waals surface area contributed by atoms with Crippen LogP contribution in [0.2, 0.25) is 0 Å². The van der Waals surface area contributed by atoms with Crippen LogP contribution in [0.4, 0.5) is 4.79 Å². The minimum absolute atomic E-state index is 0.347. The first-order valence-electron chi connectivity index (χ1n) is 7.78. The Labute approximate surface area is 160 Å². The number of carbonyl (C=O) groups is 1. The molecule has 0 aliphatic heterocycles. The number of carbonyl (C=O) groups excluding carboxylic acids is 1. The number of primary amides is 1. The van der Waals surface area contributed by atoms with Crippen LogP contribution in [0, 0.1) is 6.92 Å². The number of amides is 2. The highest BCUT2D eigenvalue weighted by Crippen LogP contribution is 2.36. The van der Waals surface area contributed by atoms with E-state index in [2.05, 4.69) is 26.5 Å². The first kappa shape index (κ1) is 19.6. The number of aryl methyl sites for hydroxylation is 1. The summed E-state index contributed by atoms with van der Waals surface area (Å²) in [6, 6.07) is 10.6. The van der Waals surface area contributed by atoms with E-state index in [0.29, 0.717) is 34.7 Å². The van der Waals surface area contributed by atoms with Crippen molar-refractivity contribution >= 4 is 28.2 Å². The molecule has 0 saturated heterocycles. The fourth-order valence-corrected chi connectivity index (χ4v) is 2.71. The number of ether oxygens (including phenoxy) is 3. The van der Waals surface area contributed by atoms with Gasteiger partial charge in [0.25, 0.3) is 0 Å². The Kier molecular flexibility index (Phi) is 7.28. The molecule has 8 heteroatoms. The molecule has 26 heavy (non-hydrogen) atoms. The molecule has 0 radical (unpaired) electrons. The van der Waals surface area contributed by atoms with Gasteiger partial charge in [-0.2, -0.15) is 5.10 Å². The van der Waals surface area contributed by atoms with Crippen LogP contribution in [0.25, 0.3) is 0 Å². The van der Waals surface area contributed by atoms with Crippen molar-refractivity contribution in [2.45, 2.75) is 6.92 Å². The van der Waals surface area contributed by atoms with Gasteiger partial charge in [0.1, 0.15) is 19.0 Å². The molecule has 2 amide bonds. The summed E-state index contributed by atoms with van der Waals surface area (Å²) >= 11 is 3.45. The van der Waals surface area contributed by atoms with E-state index in [1.807, 2.05) is 31.2 Å². The van der Waals surface area contributed by atoms with Crippen LogP contribution in [-0.4, -0.2) is 32.6 Å². The van der Waals surface area contributed by atoms with Crippen molar-refractivity contribution in [3.63, 3.8) is 0 Å². The fraction of sp³-hybridized carbons (Fsp3) is 0.222. The topological polar surface area (TPSA) is 95.2 Å². The van der Waals surface area contributed by atoms with Crippen LogP contribution < -0.4 is 25.4 Å². The first-order chi connectivity index (χ1) is 12.5. The Hall–Kier alpha value is -2.74. The second-order valence-electron chi connectivity index (χ2n) is 5.28. The summed E-state index contributed by atoms with van der Waals surface area (Å²) < 4.78 is 17.5. The van der Waals surface area contributed by atoms with Crippen molar-refractivity contribution in [3.8, 4) is 17.2 Å². The number of nitrogens with one attached hydrogen (secondary N) is 1. The number of hydrogen-bond donors (Lipinski definition) is 2. The summed E-state index contributed by atoms with van der Waals surface area (Å²) in [6.07, 6.45) is 1.45. The van der Waals surface area contributed by atoms with Crippen molar-refractivity contribution in [1.82, 2.24) is 5.43 Å². The van der Waals surface area contributed by atoms with Gasteiger partial charge >= 0.3 is 6.03 Å². The number of halogens is 1. The summed E-state index contributed by atoms with van der Waals surface area (Å²) in [7, 11) is 1.54. The monoisotopic (exact) mass is 421 g/mol. The van der Waals surface area contributed by atoms with Crippen LogP contribution >= 0.6 is 15.9 Å². The van der Waals surface area contributed by atoms with Gasteiger partial charge in [-0.1, -0.05) is 12.1 Å². The lowest BCUT2D eigenvalue weighted by Crippen LogP contribution is -2.24. The molecule has 0 fully saturated rings. The van der Waals surface area contributed by atoms with E-state index in [1.54, 1.807) is 19.2 Å². The molecule has 0 saturated carbocycles. The number of urea groups is 1. The maximum atomic E-state index is 10.6. The zero-order valence-electron chi connectivity index (χ0n) is 14.5. The number of methoxy groups -OCH3 is 1. The molecule has 0 aliphatic carbocycles. The molecule has 0 unspecified atom stereocenters. The Morgan fingerprint density at radius 3 is 2.73 bits per heavy atom. The van der Waals surface area contributed by atoms with E-state index in [0.717, 1.165) is 11.3 Å². The van der Waals surface area contributed by atoms with E-state index in [-0.39, 0.29) is 0 Å². The maximum absolute atomic E-state index is 10.6. The van der Waals surface area contributed by atoms with E-state index in [9.17, 15) is 4.79 Å². The molecule has 2 aromatic carbocycles. The lowest BCUT2D eigenvalue weighted by atomic mass is 10.2. The van der Waals surface area contributed by atoms with Gasteiger partial charge in [0.15, 0.2) is 11.5 Å². The number of benzene rings is 2. The van der Waals surface area contributed by atoms with Crippen LogP contribution in [0.15, 0.2) is 46.0 Å². The van der Waals surface area contributed by atoms with Gasteiger partial charge in [0.2, 0.25) is 0 Å². The molecule has 7 nitrogen and oxygen atoms in total. The number of hydrogen-bond acceptors (Lipinski definition) is 5. The number of nitrogens with two attached hydrogens (primary N) is 1. The van der Waals surface area contributed by atoms with Gasteiger partial charge in [-0.25, -0.2) is 10.2 Å². The van der Waals surface area contributed by atoms with Crippen LogP contribution in [-0.2, 0) is 0 Å². The highest BCUT2D eigenvalue weighted by atomic mass is 79.9. The fourth-order valence-electron chi connectivity index (χ4n) is 2.13. The molecule has 3 N–H and O–H groups in total. The van der Waals surface area contributed by atoms with Gasteiger partial charge in [0, 0.05) is 0 Å². The smallest absolute Gasteiger partial charge is 0.332 e. The van der Waals surface area contributed by atoms with Crippen molar-refractivity contribution in [2.24, 2.45) is 10.8 Å². The van der Waals surface area contributed by atoms with Crippen molar-refractivity contribution < 1.29 is 19.0 Å². The third-order valence-electron chi connectivity index (χ3n) is 3.23. The average Bonchev–Trinajstić information content (AvgIpc) is 2.59. The number of rotatable bonds is 8. The average molecular weight is 422 g/mol. The Balaban J connectivity index is 1.97. The molecule has 2 rings (SSSR count). The molecule has 0 atom stereocenters. The molecule has 2 aromatic rings. The summed E-state index contributed by atoms with van der Waals surface area (Å²) in [5, 5.41) is 3.72. The largest absolute Gasteiger partial charge is 0.493 e. The van der Waals surface area contributed by atoms with Crippen LogP contribution in [0.3, 0.4) is 0 Å². The molecular formula is C18H20BrN3O4. The minimum atomic E-state index is -0.735. The molecule has 0 spiro atoms. The third-order valence-corrected chi connectivity index (χ3v) is 3.82. The molecule has 0 aromatic heterocycles. The van der Waals surface area contributed by atoms with E-state index < -0.39 is 6.03 Å². The first-order valence-corrected chi connectivity index (χ1v) is 8.57. The van der Waals surface area contributed by atoms with Crippen molar-refractivity contribution in [3.05, 3.63) is 52.0 Å². The second-order valence-corrected chi connectivity index (χ2v) is 6.14. The quantitative estimate of drug-likeness (QED) is 0.388. The molecule has 0 heterocycles. The summed E-state index contributed by atoms with van der Waals surface area (Å²) in [5.41, 5.74) is 8.92. The molecule has 0 bridgehead atoms. The zero-order chi connectivity index (χ0) is 18.9. The Morgan fingerprint density at radius 2 is 2.04 bits per heavy atom. The lowest BCUT2D eigenvalue weighted by molar-refractivity contribution is 0.210. The SMILES string of the molecule is COc1cc(/C=N/NC(N)=O)cc(Br)c1OCCOc1cccc(C)c1. The lowest BCUT2D eigenvalue weighted by Gasteiger charge is -2.14. The Bertz CT molecular complexity index is 796. The van der Waals surface area contributed by atoms with Gasteiger partial charge in [0.05, 0.1) is 17.8 Å². The van der Waals surface area contributed by atoms with Gasteiger partial charge < -0.3 is 19.9 Å². The Morgan fingerprint density at radius 1 is 1.27 bits per heavy atom. The van der Waals surface area contributed by atoms with Crippen LogP contribution in [0.1, 0.15) is 11.1 Å². The predicted molar refractivity (Wildman–Crippen MR) is 103 cm³/mol. The van der Waals surface area contributed by atoms with Gasteiger partial charge in [-0.15, -0.1) is 0 Å². The highest BCUT2D eigenvalue weighted by Gasteiger charge is 2.11. The zero-order valence-corrected chi connectivity index (χ0v) is 16.1. The van der Waals surface area contributed by atoms with E-state index >= 15 is 0 Å². The predicted octanol–water partition coefficient (Wildman–Crippen LogP) is 3.23. The molecular weight excluding hydrogens is 402 g/mol. The second kappa shape index (κ2) is 9.67. The summed E-state index contributed by atoms with van der Waals surface area (Å²) in [6.45, 7) is 2.75. The van der Waals surface area contributed by atoms with Crippen LogP contribution in [0.5, 0.6) is 17.2 Å². The normalized spacial score (nSPS) is 10.6. The van der Waals surface area contributed by atoms with E-state index in [1.165, 1.54) is 6.21 Å². The summed E-state index contributed by atoms with van der Waals surface area (Å²) in [4.78, 5) is 10.6. The maximum Gasteiger partial charge on any atom is 0.332 e. The molecule has 0 aliphatic rings.